The fourth-order valence-corrected chi connectivity index (χ4v) is 0.889. The molecule has 0 aliphatic rings. The van der Waals surface area contributed by atoms with Crippen LogP contribution in [0.1, 0.15) is 6.42 Å². The Bertz CT molecular complexity index is 178. The zero-order valence-electron chi connectivity index (χ0n) is 8.86. The molecule has 0 saturated heterocycles. The summed E-state index contributed by atoms with van der Waals surface area (Å²) in [5, 5.41) is 9.22. The minimum absolute atomic E-state index is 0.262. The van der Waals surface area contributed by atoms with Gasteiger partial charge in [0.25, 0.3) is 0 Å². The fraction of sp³-hybridized carbons (Fsp3) is 0.600. The Morgan fingerprint density at radius 3 is 1.53 bits per heavy atom. The Kier molecular flexibility index (Phi) is 57.9. The van der Waals surface area contributed by atoms with Crippen LogP contribution in [-0.2, 0) is 9.59 Å². The summed E-state index contributed by atoms with van der Waals surface area (Å²) in [5.74, 6) is -1.80. The van der Waals surface area contributed by atoms with E-state index in [1.165, 1.54) is 7.05 Å². The monoisotopic (exact) mass is 333 g/mol. The van der Waals surface area contributed by atoms with Crippen LogP contribution in [0.25, 0.3) is 0 Å². The van der Waals surface area contributed by atoms with Crippen LogP contribution in [0.4, 0.5) is 40.5 Å². The third-order valence-electron chi connectivity index (χ3n) is 1.01. The standard InChI is InChI=1S/C5H8FNO3S.4F2/c1-7-5(10)3(11-6)2-4(8)9;4*1-2/h3H,2H2,1H3,(H,7,10)(H,8,9);;;;. The summed E-state index contributed by atoms with van der Waals surface area (Å²) in [6.45, 7) is 0. The van der Waals surface area contributed by atoms with Gasteiger partial charge in [-0.05, 0) is 0 Å². The number of nitrogens with one attached hydrogen (secondary N) is 1. The van der Waals surface area contributed by atoms with Crippen LogP contribution in [0.5, 0.6) is 0 Å². The Morgan fingerprint density at radius 1 is 1.05 bits per heavy atom. The lowest BCUT2D eigenvalue weighted by Gasteiger charge is -2.05. The number of carboxylic acids is 1. The van der Waals surface area contributed by atoms with Gasteiger partial charge in [0.15, 0.2) is 0 Å². The molecule has 0 aromatic carbocycles. The summed E-state index contributed by atoms with van der Waals surface area (Å²) in [4.78, 5) is 20.7. The van der Waals surface area contributed by atoms with Crippen molar-refractivity contribution in [2.75, 3.05) is 7.05 Å². The Hall–Kier alpha value is -1.34. The predicted molar refractivity (Wildman–Crippen MR) is 47.7 cm³/mol. The van der Waals surface area contributed by atoms with Crippen molar-refractivity contribution in [2.45, 2.75) is 11.7 Å². The minimum atomic E-state index is -1.19. The number of carboxylic acid groups (broad SMARTS) is 1. The van der Waals surface area contributed by atoms with E-state index in [1.54, 1.807) is 0 Å². The number of carbonyl (C=O) groups excluding carboxylic acids is 1. The molecule has 0 fully saturated rings. The van der Waals surface area contributed by atoms with Gasteiger partial charge in [0.2, 0.25) is 5.91 Å². The average Bonchev–Trinajstić information content (AvgIpc) is 2.51. The van der Waals surface area contributed by atoms with E-state index in [2.05, 4.69) is 5.32 Å². The summed E-state index contributed by atoms with van der Waals surface area (Å²) in [5.41, 5.74) is 0. The molecule has 0 aliphatic carbocycles. The Balaban J connectivity index is -0.0000000693. The first kappa shape index (κ1) is 30.6. The zero-order chi connectivity index (χ0) is 16.9. The van der Waals surface area contributed by atoms with E-state index in [0.717, 1.165) is 0 Å². The molecule has 0 spiro atoms. The third kappa shape index (κ3) is 31.5. The maximum Gasteiger partial charge on any atom is 0.305 e. The van der Waals surface area contributed by atoms with Crippen LogP contribution >= 0.6 is 12.1 Å². The van der Waals surface area contributed by atoms with Crippen LogP contribution in [-0.4, -0.2) is 29.3 Å². The predicted octanol–water partition coefficient (Wildman–Crippen LogP) is 3.56. The number of carbonyl (C=O) groups is 2. The van der Waals surface area contributed by atoms with Crippen LogP contribution in [0.2, 0.25) is 0 Å². The topological polar surface area (TPSA) is 66.4 Å². The van der Waals surface area contributed by atoms with Crippen molar-refractivity contribution in [1.29, 1.82) is 0 Å². The van der Waals surface area contributed by atoms with E-state index in [1.807, 2.05) is 0 Å². The van der Waals surface area contributed by atoms with E-state index < -0.39 is 23.5 Å². The van der Waals surface area contributed by atoms with Gasteiger partial charge >= 0.3 is 5.97 Å². The van der Waals surface area contributed by atoms with Crippen LogP contribution < -0.4 is 5.32 Å². The number of hydrogen-bond acceptors (Lipinski definition) is 3. The SMILES string of the molecule is CNC(=O)C(CC(=O)O)SF.FF.FF.FF.FF. The molecule has 14 heteroatoms. The number of hydrogen-bond donors (Lipinski definition) is 2. The van der Waals surface area contributed by atoms with Crippen molar-refractivity contribution < 1.29 is 55.2 Å². The van der Waals surface area contributed by atoms with Gasteiger partial charge in [-0.15, -0.1) is 0 Å². The maximum absolute atomic E-state index is 11.8. The molecule has 19 heavy (non-hydrogen) atoms. The molecular formula is C5H8F9NO3S. The molecule has 2 N–H and O–H groups in total. The van der Waals surface area contributed by atoms with Crippen LogP contribution in [0, 0.1) is 0 Å². The first-order valence-corrected chi connectivity index (χ1v) is 4.17. The van der Waals surface area contributed by atoms with Crippen LogP contribution in [0.3, 0.4) is 0 Å². The number of rotatable bonds is 4. The van der Waals surface area contributed by atoms with E-state index in [9.17, 15) is 13.5 Å². The van der Waals surface area contributed by atoms with Gasteiger partial charge in [-0.2, -0.15) is 3.89 Å². The molecule has 0 radical (unpaired) electrons. The summed E-state index contributed by atoms with van der Waals surface area (Å²) in [7, 11) is 1.33. The zero-order valence-corrected chi connectivity index (χ0v) is 9.67. The Morgan fingerprint density at radius 2 is 1.37 bits per heavy atom. The normalized spacial score (nSPS) is 8.32. The molecule has 1 unspecified atom stereocenters. The summed E-state index contributed by atoms with van der Waals surface area (Å²) in [6, 6.07) is 0. The Labute approximate surface area is 104 Å². The number of halogens is 9. The third-order valence-corrected chi connectivity index (χ3v) is 1.60. The van der Waals surface area contributed by atoms with Gasteiger partial charge in [-0.3, -0.25) is 9.59 Å². The molecule has 0 bridgehead atoms. The van der Waals surface area contributed by atoms with Gasteiger partial charge in [0.1, 0.15) is 5.25 Å². The molecule has 0 heterocycles. The highest BCUT2D eigenvalue weighted by atomic mass is 32.2. The second-order valence-electron chi connectivity index (χ2n) is 1.79. The lowest BCUT2D eigenvalue weighted by atomic mass is 10.3. The van der Waals surface area contributed by atoms with Gasteiger partial charge in [0.05, 0.1) is 18.6 Å². The molecule has 0 rings (SSSR count). The maximum atomic E-state index is 11.8. The average molecular weight is 333 g/mol. The highest BCUT2D eigenvalue weighted by Gasteiger charge is 2.21. The minimum Gasteiger partial charge on any atom is -0.481 e. The van der Waals surface area contributed by atoms with Gasteiger partial charge in [-0.25, -0.2) is 0 Å². The van der Waals surface area contributed by atoms with Crippen molar-refractivity contribution in [3.05, 3.63) is 0 Å². The first-order chi connectivity index (χ1) is 9.11. The van der Waals surface area contributed by atoms with Crippen molar-refractivity contribution in [2.24, 2.45) is 0 Å². The second kappa shape index (κ2) is 36.0. The molecule has 0 saturated carbocycles. The van der Waals surface area contributed by atoms with Gasteiger partial charge in [0, 0.05) is 43.6 Å². The quantitative estimate of drug-likeness (QED) is 0.772. The number of aliphatic carboxylic acids is 1. The summed E-state index contributed by atoms with van der Waals surface area (Å²) in [6.07, 6.45) is -0.499. The molecule has 0 aromatic heterocycles. The van der Waals surface area contributed by atoms with E-state index in [4.69, 9.17) is 41.7 Å². The molecule has 4 nitrogen and oxygen atoms in total. The summed E-state index contributed by atoms with van der Waals surface area (Å²) >= 11 is -0.262. The highest BCUT2D eigenvalue weighted by Crippen LogP contribution is 2.15. The molecule has 0 aromatic rings. The molecule has 1 atom stereocenters. The first-order valence-electron chi connectivity index (χ1n) is 3.39. The van der Waals surface area contributed by atoms with Crippen LogP contribution in [0.15, 0.2) is 0 Å². The smallest absolute Gasteiger partial charge is 0.305 e. The lowest BCUT2D eigenvalue weighted by Crippen LogP contribution is -2.30. The van der Waals surface area contributed by atoms with E-state index in [-0.39, 0.29) is 12.1 Å². The lowest BCUT2D eigenvalue weighted by molar-refractivity contribution is -0.138. The second-order valence-corrected chi connectivity index (χ2v) is 2.54. The molecule has 1 amide bonds. The van der Waals surface area contributed by atoms with Gasteiger partial charge in [-0.1, -0.05) is 0 Å². The molecular weight excluding hydrogens is 325 g/mol. The van der Waals surface area contributed by atoms with E-state index >= 15 is 0 Å². The van der Waals surface area contributed by atoms with Crippen molar-refractivity contribution >= 4 is 24.0 Å². The van der Waals surface area contributed by atoms with E-state index in [0.29, 0.717) is 0 Å². The highest BCUT2D eigenvalue weighted by molar-refractivity contribution is 7.95. The van der Waals surface area contributed by atoms with Crippen molar-refractivity contribution in [1.82, 2.24) is 5.32 Å². The molecule has 120 valence electrons. The van der Waals surface area contributed by atoms with Crippen molar-refractivity contribution in [3.63, 3.8) is 0 Å². The largest absolute Gasteiger partial charge is 0.481 e. The fourth-order valence-electron chi connectivity index (χ4n) is 0.484. The summed E-state index contributed by atoms with van der Waals surface area (Å²) < 4.78 is 75.8. The van der Waals surface area contributed by atoms with Crippen molar-refractivity contribution in [3.8, 4) is 0 Å². The van der Waals surface area contributed by atoms with Gasteiger partial charge < -0.3 is 10.4 Å². The molecule has 0 aliphatic heterocycles. The number of amides is 1.